The van der Waals surface area contributed by atoms with Crippen LogP contribution in [0.3, 0.4) is 0 Å². The summed E-state index contributed by atoms with van der Waals surface area (Å²) in [4.78, 5) is 18.3. The third-order valence-corrected chi connectivity index (χ3v) is 2.78. The molecule has 0 amide bonds. The number of aryl methyl sites for hydroxylation is 1. The van der Waals surface area contributed by atoms with Crippen LogP contribution in [-0.4, -0.2) is 21.0 Å². The highest BCUT2D eigenvalue weighted by atomic mass is 79.9. The summed E-state index contributed by atoms with van der Waals surface area (Å²) in [5, 5.41) is 8.71. The number of benzene rings is 1. The SMILES string of the molecule is Cc1ccc(Oc2ncc(C(=O)O)cn2)c(Br)c1. The highest BCUT2D eigenvalue weighted by Gasteiger charge is 2.07. The number of carbonyl (C=O) groups is 1. The Morgan fingerprint density at radius 3 is 2.56 bits per heavy atom. The van der Waals surface area contributed by atoms with E-state index in [-0.39, 0.29) is 11.6 Å². The molecule has 1 heterocycles. The van der Waals surface area contributed by atoms with E-state index >= 15 is 0 Å². The van der Waals surface area contributed by atoms with Crippen LogP contribution in [0.2, 0.25) is 0 Å². The monoisotopic (exact) mass is 308 g/mol. The van der Waals surface area contributed by atoms with Crippen LogP contribution in [0.5, 0.6) is 11.8 Å². The molecule has 0 radical (unpaired) electrons. The first-order chi connectivity index (χ1) is 8.56. The van der Waals surface area contributed by atoms with E-state index in [1.807, 2.05) is 19.1 Å². The zero-order valence-corrected chi connectivity index (χ0v) is 11.0. The molecule has 0 saturated carbocycles. The number of nitrogens with zero attached hydrogens (tertiary/aromatic N) is 2. The molecule has 0 fully saturated rings. The summed E-state index contributed by atoms with van der Waals surface area (Å²) in [6.07, 6.45) is 2.40. The molecule has 0 unspecified atom stereocenters. The maximum absolute atomic E-state index is 10.6. The lowest BCUT2D eigenvalue weighted by Crippen LogP contribution is -2.00. The Kier molecular flexibility index (Phi) is 3.57. The first-order valence-corrected chi connectivity index (χ1v) is 5.85. The van der Waals surface area contributed by atoms with Crippen LogP contribution in [0.4, 0.5) is 0 Å². The minimum atomic E-state index is -1.07. The van der Waals surface area contributed by atoms with Gasteiger partial charge in [-0.2, -0.15) is 0 Å². The lowest BCUT2D eigenvalue weighted by Gasteiger charge is -2.06. The molecule has 6 heteroatoms. The molecule has 0 spiro atoms. The summed E-state index contributed by atoms with van der Waals surface area (Å²) >= 11 is 3.37. The Balaban J connectivity index is 2.21. The number of aromatic carboxylic acids is 1. The number of carboxylic acid groups (broad SMARTS) is 1. The van der Waals surface area contributed by atoms with Gasteiger partial charge in [-0.15, -0.1) is 0 Å². The zero-order chi connectivity index (χ0) is 13.1. The molecule has 1 aromatic heterocycles. The minimum Gasteiger partial charge on any atom is -0.478 e. The second-order valence-electron chi connectivity index (χ2n) is 3.60. The molecule has 0 atom stereocenters. The van der Waals surface area contributed by atoms with Crippen molar-refractivity contribution in [3.63, 3.8) is 0 Å². The van der Waals surface area contributed by atoms with Crippen LogP contribution in [0.25, 0.3) is 0 Å². The van der Waals surface area contributed by atoms with Crippen molar-refractivity contribution in [1.29, 1.82) is 0 Å². The van der Waals surface area contributed by atoms with Gasteiger partial charge >= 0.3 is 12.0 Å². The topological polar surface area (TPSA) is 72.3 Å². The van der Waals surface area contributed by atoms with Crippen LogP contribution in [0, 0.1) is 6.92 Å². The summed E-state index contributed by atoms with van der Waals surface area (Å²) in [5.74, 6) is -0.498. The molecule has 18 heavy (non-hydrogen) atoms. The van der Waals surface area contributed by atoms with Crippen molar-refractivity contribution in [3.05, 3.63) is 46.2 Å². The number of hydrogen-bond donors (Lipinski definition) is 1. The summed E-state index contributed by atoms with van der Waals surface area (Å²) in [6.45, 7) is 1.96. The largest absolute Gasteiger partial charge is 0.478 e. The zero-order valence-electron chi connectivity index (χ0n) is 9.42. The standard InChI is InChI=1S/C12H9BrN2O3/c1-7-2-3-10(9(13)4-7)18-12-14-5-8(6-15-12)11(16)17/h2-6H,1H3,(H,16,17). The van der Waals surface area contributed by atoms with Crippen LogP contribution in [-0.2, 0) is 0 Å². The van der Waals surface area contributed by atoms with Gasteiger partial charge in [-0.1, -0.05) is 6.07 Å². The van der Waals surface area contributed by atoms with E-state index in [2.05, 4.69) is 25.9 Å². The number of ether oxygens (including phenoxy) is 1. The Bertz CT molecular complexity index is 584. The molecule has 2 aromatic rings. The molecule has 5 nitrogen and oxygen atoms in total. The predicted octanol–water partition coefficient (Wildman–Crippen LogP) is 3.04. The van der Waals surface area contributed by atoms with Gasteiger partial charge in [-0.25, -0.2) is 14.8 Å². The van der Waals surface area contributed by atoms with Crippen molar-refractivity contribution in [3.8, 4) is 11.8 Å². The van der Waals surface area contributed by atoms with E-state index in [0.717, 1.165) is 10.0 Å². The van der Waals surface area contributed by atoms with Gasteiger partial charge in [0.15, 0.2) is 0 Å². The van der Waals surface area contributed by atoms with Gasteiger partial charge in [-0.3, -0.25) is 0 Å². The highest BCUT2D eigenvalue weighted by molar-refractivity contribution is 9.10. The molecule has 1 N–H and O–H groups in total. The van der Waals surface area contributed by atoms with Crippen LogP contribution in [0.1, 0.15) is 15.9 Å². The van der Waals surface area contributed by atoms with Crippen molar-refractivity contribution >= 4 is 21.9 Å². The molecular formula is C12H9BrN2O3. The van der Waals surface area contributed by atoms with Gasteiger partial charge in [0, 0.05) is 12.4 Å². The van der Waals surface area contributed by atoms with Crippen molar-refractivity contribution in [1.82, 2.24) is 9.97 Å². The van der Waals surface area contributed by atoms with Crippen LogP contribution < -0.4 is 4.74 Å². The van der Waals surface area contributed by atoms with Gasteiger partial charge in [-0.05, 0) is 40.5 Å². The molecule has 0 aliphatic rings. The summed E-state index contributed by atoms with van der Waals surface area (Å²) in [6, 6.07) is 5.69. The van der Waals surface area contributed by atoms with Gasteiger partial charge in [0.25, 0.3) is 0 Å². The Hall–Kier alpha value is -1.95. The van der Waals surface area contributed by atoms with E-state index in [9.17, 15) is 4.79 Å². The van der Waals surface area contributed by atoms with Gasteiger partial charge in [0.05, 0.1) is 10.0 Å². The van der Waals surface area contributed by atoms with Crippen LogP contribution in [0.15, 0.2) is 35.1 Å². The summed E-state index contributed by atoms with van der Waals surface area (Å²) < 4.78 is 6.22. The molecule has 92 valence electrons. The average Bonchev–Trinajstić information content (AvgIpc) is 2.33. The first kappa shape index (κ1) is 12.5. The fourth-order valence-corrected chi connectivity index (χ4v) is 1.84. The molecule has 0 saturated heterocycles. The third-order valence-electron chi connectivity index (χ3n) is 2.16. The average molecular weight is 309 g/mol. The Morgan fingerprint density at radius 2 is 2.00 bits per heavy atom. The molecule has 0 aliphatic heterocycles. The second-order valence-corrected chi connectivity index (χ2v) is 4.45. The van der Waals surface area contributed by atoms with Crippen molar-refractivity contribution < 1.29 is 14.6 Å². The molecule has 0 aliphatic carbocycles. The van der Waals surface area contributed by atoms with Crippen molar-refractivity contribution in [2.24, 2.45) is 0 Å². The second kappa shape index (κ2) is 5.14. The number of rotatable bonds is 3. The molecular weight excluding hydrogens is 300 g/mol. The number of halogens is 1. The first-order valence-electron chi connectivity index (χ1n) is 5.05. The van der Waals surface area contributed by atoms with E-state index in [1.54, 1.807) is 6.07 Å². The maximum atomic E-state index is 10.6. The summed E-state index contributed by atoms with van der Waals surface area (Å²) in [7, 11) is 0. The van der Waals surface area contributed by atoms with Gasteiger partial charge < -0.3 is 9.84 Å². The van der Waals surface area contributed by atoms with E-state index in [0.29, 0.717) is 5.75 Å². The quantitative estimate of drug-likeness (QED) is 0.943. The normalized spacial score (nSPS) is 10.1. The smallest absolute Gasteiger partial charge is 0.338 e. The Morgan fingerprint density at radius 1 is 1.33 bits per heavy atom. The van der Waals surface area contributed by atoms with E-state index in [1.165, 1.54) is 12.4 Å². The number of aromatic nitrogens is 2. The maximum Gasteiger partial charge on any atom is 0.338 e. The predicted molar refractivity (Wildman–Crippen MR) is 67.9 cm³/mol. The van der Waals surface area contributed by atoms with Crippen molar-refractivity contribution in [2.45, 2.75) is 6.92 Å². The number of carboxylic acids is 1. The lowest BCUT2D eigenvalue weighted by atomic mass is 10.2. The van der Waals surface area contributed by atoms with Crippen molar-refractivity contribution in [2.75, 3.05) is 0 Å². The van der Waals surface area contributed by atoms with Gasteiger partial charge in [0.1, 0.15) is 5.75 Å². The lowest BCUT2D eigenvalue weighted by molar-refractivity contribution is 0.0696. The number of hydrogen-bond acceptors (Lipinski definition) is 4. The van der Waals surface area contributed by atoms with Gasteiger partial charge in [0.2, 0.25) is 0 Å². The molecule has 1 aromatic carbocycles. The Labute approximate surface area is 112 Å². The minimum absolute atomic E-state index is 0.0188. The summed E-state index contributed by atoms with van der Waals surface area (Å²) in [5.41, 5.74) is 1.11. The third kappa shape index (κ3) is 2.84. The molecule has 0 bridgehead atoms. The van der Waals surface area contributed by atoms with E-state index in [4.69, 9.17) is 9.84 Å². The highest BCUT2D eigenvalue weighted by Crippen LogP contribution is 2.28. The fourth-order valence-electron chi connectivity index (χ4n) is 1.27. The fraction of sp³-hybridized carbons (Fsp3) is 0.0833. The van der Waals surface area contributed by atoms with E-state index < -0.39 is 5.97 Å². The molecule has 2 rings (SSSR count). The van der Waals surface area contributed by atoms with Crippen LogP contribution >= 0.6 is 15.9 Å².